The molecule has 0 bridgehead atoms. The van der Waals surface area contributed by atoms with E-state index in [0.717, 1.165) is 5.82 Å². The van der Waals surface area contributed by atoms with Crippen molar-refractivity contribution < 1.29 is 9.46 Å². The number of hydrogen-bond acceptors (Lipinski definition) is 2. The Morgan fingerprint density at radius 2 is 2.27 bits per heavy atom. The molecule has 0 aromatic heterocycles. The van der Waals surface area contributed by atoms with Crippen LogP contribution in [0.4, 0.5) is 0 Å². The van der Waals surface area contributed by atoms with Crippen LogP contribution >= 0.6 is 7.37 Å². The highest BCUT2D eigenvalue weighted by molar-refractivity contribution is 7.63. The SMILES string of the molecule is C=C[C@@H]1C[C@]1(N)P(=O)(O)C=C. The first kappa shape index (κ1) is 8.72. The summed E-state index contributed by atoms with van der Waals surface area (Å²) < 4.78 is 11.3. The summed E-state index contributed by atoms with van der Waals surface area (Å²) in [5, 5.41) is -0.962. The molecule has 1 aliphatic rings. The summed E-state index contributed by atoms with van der Waals surface area (Å²) in [5.41, 5.74) is 5.63. The van der Waals surface area contributed by atoms with Crippen LogP contribution in [0.3, 0.4) is 0 Å². The molecule has 0 saturated heterocycles. The molecule has 11 heavy (non-hydrogen) atoms. The Morgan fingerprint density at radius 3 is 2.55 bits per heavy atom. The molecule has 1 fully saturated rings. The summed E-state index contributed by atoms with van der Waals surface area (Å²) in [6.45, 7) is 6.80. The molecule has 0 aliphatic heterocycles. The predicted octanol–water partition coefficient (Wildman–Crippen LogP) is 1.26. The van der Waals surface area contributed by atoms with Crippen LogP contribution in [-0.2, 0) is 4.57 Å². The minimum absolute atomic E-state index is 0.0312. The first-order valence-corrected chi connectivity index (χ1v) is 5.08. The quantitative estimate of drug-likeness (QED) is 0.498. The van der Waals surface area contributed by atoms with Crippen molar-refractivity contribution in [3.05, 3.63) is 25.1 Å². The van der Waals surface area contributed by atoms with Gasteiger partial charge in [0.15, 0.2) is 0 Å². The molecule has 0 amide bonds. The van der Waals surface area contributed by atoms with E-state index < -0.39 is 12.6 Å². The highest BCUT2D eigenvalue weighted by atomic mass is 31.2. The fraction of sp³-hybridized carbons (Fsp3) is 0.429. The van der Waals surface area contributed by atoms with E-state index >= 15 is 0 Å². The Balaban J connectivity index is 2.86. The van der Waals surface area contributed by atoms with E-state index in [1.807, 2.05) is 0 Å². The lowest BCUT2D eigenvalue weighted by molar-refractivity contribution is 0.469. The van der Waals surface area contributed by atoms with Crippen molar-refractivity contribution in [2.75, 3.05) is 0 Å². The second kappa shape index (κ2) is 2.31. The summed E-state index contributed by atoms with van der Waals surface area (Å²) in [6, 6.07) is 0. The Bertz CT molecular complexity index is 251. The van der Waals surface area contributed by atoms with Gasteiger partial charge in [-0.1, -0.05) is 12.7 Å². The molecule has 0 spiro atoms. The second-order valence-corrected chi connectivity index (χ2v) is 5.29. The zero-order valence-electron chi connectivity index (χ0n) is 6.23. The maximum atomic E-state index is 11.3. The van der Waals surface area contributed by atoms with E-state index in [2.05, 4.69) is 13.2 Å². The smallest absolute Gasteiger partial charge is 0.241 e. The molecular formula is C7H12NO2P. The van der Waals surface area contributed by atoms with Crippen LogP contribution in [0.2, 0.25) is 0 Å². The van der Waals surface area contributed by atoms with Crippen LogP contribution in [-0.4, -0.2) is 10.2 Å². The minimum atomic E-state index is -3.35. The molecule has 3 nitrogen and oxygen atoms in total. The van der Waals surface area contributed by atoms with Gasteiger partial charge in [0.05, 0.1) is 0 Å². The molecule has 3 N–H and O–H groups in total. The van der Waals surface area contributed by atoms with Gasteiger partial charge < -0.3 is 10.6 Å². The van der Waals surface area contributed by atoms with Gasteiger partial charge >= 0.3 is 0 Å². The molecule has 1 aliphatic carbocycles. The highest BCUT2D eigenvalue weighted by Crippen LogP contribution is 2.68. The summed E-state index contributed by atoms with van der Waals surface area (Å²) >= 11 is 0. The predicted molar refractivity (Wildman–Crippen MR) is 45.2 cm³/mol. The average molecular weight is 173 g/mol. The van der Waals surface area contributed by atoms with Gasteiger partial charge in [0.2, 0.25) is 7.37 Å². The van der Waals surface area contributed by atoms with Crippen molar-refractivity contribution in [2.45, 2.75) is 11.7 Å². The molecule has 0 aromatic rings. The Kier molecular flexibility index (Phi) is 1.83. The Labute approximate surface area is 66.1 Å². The van der Waals surface area contributed by atoms with E-state index in [4.69, 9.17) is 5.73 Å². The Morgan fingerprint density at radius 1 is 1.73 bits per heavy atom. The van der Waals surface area contributed by atoms with Gasteiger partial charge in [0.1, 0.15) is 5.28 Å². The summed E-state index contributed by atoms with van der Waals surface area (Å²) in [6.07, 6.45) is 2.16. The van der Waals surface area contributed by atoms with Crippen LogP contribution in [0.1, 0.15) is 6.42 Å². The molecule has 0 heterocycles. The molecule has 0 aromatic carbocycles. The number of hydrogen-bond donors (Lipinski definition) is 2. The van der Waals surface area contributed by atoms with E-state index in [1.54, 1.807) is 6.08 Å². The molecule has 62 valence electrons. The molecule has 3 atom stereocenters. The van der Waals surface area contributed by atoms with Crippen molar-refractivity contribution in [3.63, 3.8) is 0 Å². The van der Waals surface area contributed by atoms with Crippen LogP contribution in [0, 0.1) is 5.92 Å². The lowest BCUT2D eigenvalue weighted by Gasteiger charge is -2.14. The van der Waals surface area contributed by atoms with Gasteiger partial charge in [-0.2, -0.15) is 0 Å². The zero-order valence-corrected chi connectivity index (χ0v) is 7.13. The third kappa shape index (κ3) is 1.09. The van der Waals surface area contributed by atoms with Crippen molar-refractivity contribution in [1.29, 1.82) is 0 Å². The lowest BCUT2D eigenvalue weighted by atomic mass is 10.4. The summed E-state index contributed by atoms with van der Waals surface area (Å²) in [4.78, 5) is 9.29. The maximum absolute atomic E-state index is 11.3. The molecule has 4 heteroatoms. The third-order valence-electron chi connectivity index (χ3n) is 2.16. The monoisotopic (exact) mass is 173 g/mol. The van der Waals surface area contributed by atoms with Gasteiger partial charge in [-0.3, -0.25) is 4.57 Å². The maximum Gasteiger partial charge on any atom is 0.241 e. The van der Waals surface area contributed by atoms with Crippen LogP contribution in [0.25, 0.3) is 0 Å². The van der Waals surface area contributed by atoms with E-state index in [-0.39, 0.29) is 5.92 Å². The van der Waals surface area contributed by atoms with Gasteiger partial charge in [0.25, 0.3) is 0 Å². The lowest BCUT2D eigenvalue weighted by Crippen LogP contribution is -2.23. The fourth-order valence-electron chi connectivity index (χ4n) is 1.12. The van der Waals surface area contributed by atoms with Crippen LogP contribution in [0.15, 0.2) is 25.1 Å². The average Bonchev–Trinajstić information content (AvgIpc) is 2.64. The van der Waals surface area contributed by atoms with Crippen molar-refractivity contribution in [1.82, 2.24) is 0 Å². The normalized spacial score (nSPS) is 40.7. The number of nitrogens with two attached hydrogens (primary N) is 1. The topological polar surface area (TPSA) is 63.3 Å². The largest absolute Gasteiger partial charge is 0.340 e. The highest BCUT2D eigenvalue weighted by Gasteiger charge is 2.60. The molecule has 1 unspecified atom stereocenters. The Hall–Kier alpha value is -0.370. The van der Waals surface area contributed by atoms with Crippen molar-refractivity contribution >= 4 is 7.37 Å². The van der Waals surface area contributed by atoms with Crippen LogP contribution in [0.5, 0.6) is 0 Å². The summed E-state index contributed by atoms with van der Waals surface area (Å²) in [7, 11) is -3.35. The second-order valence-electron chi connectivity index (χ2n) is 2.84. The third-order valence-corrected chi connectivity index (χ3v) is 4.36. The van der Waals surface area contributed by atoms with Crippen molar-refractivity contribution in [2.24, 2.45) is 11.7 Å². The number of rotatable bonds is 3. The molecule has 0 radical (unpaired) electrons. The van der Waals surface area contributed by atoms with Gasteiger partial charge in [0, 0.05) is 5.92 Å². The van der Waals surface area contributed by atoms with Gasteiger partial charge in [-0.05, 0) is 12.2 Å². The van der Waals surface area contributed by atoms with Gasteiger partial charge in [-0.15, -0.1) is 6.58 Å². The zero-order chi connectivity index (χ0) is 8.70. The molecular weight excluding hydrogens is 161 g/mol. The van der Waals surface area contributed by atoms with Crippen LogP contribution < -0.4 is 5.73 Å². The summed E-state index contributed by atoms with van der Waals surface area (Å²) in [5.74, 6) is 1.02. The van der Waals surface area contributed by atoms with E-state index in [1.165, 1.54) is 0 Å². The first-order valence-electron chi connectivity index (χ1n) is 3.35. The van der Waals surface area contributed by atoms with E-state index in [0.29, 0.717) is 6.42 Å². The van der Waals surface area contributed by atoms with Crippen molar-refractivity contribution in [3.8, 4) is 0 Å². The minimum Gasteiger partial charge on any atom is -0.340 e. The standard InChI is InChI=1S/C7H12NO2P/c1-3-6-5-7(6,8)11(9,10)4-2/h3-4,6H,1-2,5,8H2,(H,9,10)/t6-,7+/m1/s1. The first-order chi connectivity index (χ1) is 4.98. The van der Waals surface area contributed by atoms with E-state index in [9.17, 15) is 9.46 Å². The molecule has 1 saturated carbocycles. The van der Waals surface area contributed by atoms with Gasteiger partial charge in [-0.25, -0.2) is 0 Å². The molecule has 1 rings (SSSR count). The fourth-order valence-corrected chi connectivity index (χ4v) is 2.50.